The molecule has 0 unspecified atom stereocenters. The molecule has 0 saturated heterocycles. The molecule has 0 fully saturated rings. The number of imidazole rings is 1. The molecular formula is C13H17N3O2. The number of aryl methyl sites for hydroxylation is 2. The highest BCUT2D eigenvalue weighted by Crippen LogP contribution is 2.13. The molecule has 1 heterocycles. The molecule has 0 aliphatic rings. The Kier molecular flexibility index (Phi) is 3.72. The van der Waals surface area contributed by atoms with Crippen LogP contribution in [-0.4, -0.2) is 15.7 Å². The molecule has 0 spiro atoms. The van der Waals surface area contributed by atoms with Gasteiger partial charge in [0.05, 0.1) is 6.61 Å². The molecule has 2 aromatic rings. The van der Waals surface area contributed by atoms with Gasteiger partial charge in [0.1, 0.15) is 5.75 Å². The minimum atomic E-state index is 0.00230. The van der Waals surface area contributed by atoms with Crippen molar-refractivity contribution in [2.45, 2.75) is 13.0 Å². The van der Waals surface area contributed by atoms with Crippen LogP contribution >= 0.6 is 0 Å². The third kappa shape index (κ3) is 2.94. The van der Waals surface area contributed by atoms with Gasteiger partial charge < -0.3 is 15.0 Å². The summed E-state index contributed by atoms with van der Waals surface area (Å²) in [6.07, 6.45) is 4.32. The lowest BCUT2D eigenvalue weighted by molar-refractivity contribution is 0.301. The van der Waals surface area contributed by atoms with E-state index < -0.39 is 0 Å². The Morgan fingerprint density at radius 2 is 1.94 bits per heavy atom. The highest BCUT2D eigenvalue weighted by atomic mass is 16.5. The summed E-state index contributed by atoms with van der Waals surface area (Å²) in [5.41, 5.74) is 6.30. The zero-order valence-corrected chi connectivity index (χ0v) is 10.4. The first-order valence-electron chi connectivity index (χ1n) is 5.87. The van der Waals surface area contributed by atoms with Gasteiger partial charge in [-0.05, 0) is 30.7 Å². The number of rotatable bonds is 5. The summed E-state index contributed by atoms with van der Waals surface area (Å²) in [6, 6.07) is 7.28. The van der Waals surface area contributed by atoms with Crippen LogP contribution < -0.4 is 16.2 Å². The monoisotopic (exact) mass is 247 g/mol. The number of nitrogen functional groups attached to an aromatic ring is 1. The number of hydrogen-bond donors (Lipinski definition) is 1. The Labute approximate surface area is 105 Å². The van der Waals surface area contributed by atoms with Gasteiger partial charge in [-0.3, -0.25) is 4.57 Å². The molecule has 5 heteroatoms. The van der Waals surface area contributed by atoms with Crippen LogP contribution in [0.1, 0.15) is 6.42 Å². The molecule has 0 bridgehead atoms. The van der Waals surface area contributed by atoms with E-state index in [4.69, 9.17) is 10.5 Å². The normalized spacial score (nSPS) is 10.5. The predicted octanol–water partition coefficient (Wildman–Crippen LogP) is 1.24. The van der Waals surface area contributed by atoms with E-state index in [-0.39, 0.29) is 5.69 Å². The Balaban J connectivity index is 1.78. The molecule has 2 N–H and O–H groups in total. The molecule has 0 aliphatic heterocycles. The fourth-order valence-corrected chi connectivity index (χ4v) is 1.67. The van der Waals surface area contributed by atoms with Crippen molar-refractivity contribution in [3.63, 3.8) is 0 Å². The maximum atomic E-state index is 11.5. The molecule has 18 heavy (non-hydrogen) atoms. The number of nitrogens with zero attached hydrogens (tertiary/aromatic N) is 2. The van der Waals surface area contributed by atoms with Crippen LogP contribution in [0.5, 0.6) is 5.75 Å². The molecule has 0 radical (unpaired) electrons. The average Bonchev–Trinajstić information content (AvgIpc) is 2.68. The van der Waals surface area contributed by atoms with Crippen molar-refractivity contribution in [2.24, 2.45) is 7.05 Å². The Bertz CT molecular complexity index is 554. The van der Waals surface area contributed by atoms with Gasteiger partial charge in [-0.25, -0.2) is 4.79 Å². The van der Waals surface area contributed by atoms with E-state index in [1.165, 1.54) is 0 Å². The van der Waals surface area contributed by atoms with Gasteiger partial charge in [0, 0.05) is 31.7 Å². The molecule has 2 rings (SSSR count). The van der Waals surface area contributed by atoms with Gasteiger partial charge in [-0.2, -0.15) is 0 Å². The SMILES string of the molecule is Cn1ccn(CCCOc2ccc(N)cc2)c1=O. The summed E-state index contributed by atoms with van der Waals surface area (Å²) in [5, 5.41) is 0. The van der Waals surface area contributed by atoms with Crippen molar-refractivity contribution in [3.05, 3.63) is 47.1 Å². The highest BCUT2D eigenvalue weighted by molar-refractivity contribution is 5.41. The standard InChI is InChI=1S/C13H17N3O2/c1-15-8-9-16(13(15)17)7-2-10-18-12-5-3-11(14)4-6-12/h3-6,8-9H,2,7,10,14H2,1H3. The van der Waals surface area contributed by atoms with Crippen molar-refractivity contribution in [3.8, 4) is 5.75 Å². The number of anilines is 1. The van der Waals surface area contributed by atoms with Gasteiger partial charge in [0.25, 0.3) is 0 Å². The second kappa shape index (κ2) is 5.44. The van der Waals surface area contributed by atoms with Crippen molar-refractivity contribution in [1.29, 1.82) is 0 Å². The third-order valence-electron chi connectivity index (χ3n) is 2.71. The lowest BCUT2D eigenvalue weighted by atomic mass is 10.3. The van der Waals surface area contributed by atoms with E-state index in [0.717, 1.165) is 17.9 Å². The molecule has 1 aromatic carbocycles. The topological polar surface area (TPSA) is 62.2 Å². The molecule has 0 amide bonds. The molecule has 96 valence electrons. The maximum absolute atomic E-state index is 11.5. The molecule has 0 aliphatic carbocycles. The minimum Gasteiger partial charge on any atom is -0.494 e. The van der Waals surface area contributed by atoms with Crippen LogP contribution in [0.3, 0.4) is 0 Å². The van der Waals surface area contributed by atoms with Crippen molar-refractivity contribution in [1.82, 2.24) is 9.13 Å². The number of aromatic nitrogens is 2. The zero-order chi connectivity index (χ0) is 13.0. The van der Waals surface area contributed by atoms with Crippen LogP contribution in [0, 0.1) is 0 Å². The van der Waals surface area contributed by atoms with Gasteiger partial charge in [-0.1, -0.05) is 0 Å². The molecule has 5 nitrogen and oxygen atoms in total. The van der Waals surface area contributed by atoms with Gasteiger partial charge in [0.15, 0.2) is 0 Å². The van der Waals surface area contributed by atoms with E-state index in [9.17, 15) is 4.79 Å². The van der Waals surface area contributed by atoms with Crippen molar-refractivity contribution in [2.75, 3.05) is 12.3 Å². The van der Waals surface area contributed by atoms with E-state index in [1.807, 2.05) is 12.1 Å². The van der Waals surface area contributed by atoms with E-state index in [2.05, 4.69) is 0 Å². The number of ether oxygens (including phenoxy) is 1. The summed E-state index contributed by atoms with van der Waals surface area (Å²) < 4.78 is 8.78. The fraction of sp³-hybridized carbons (Fsp3) is 0.308. The molecule has 1 aromatic heterocycles. The van der Waals surface area contributed by atoms with Crippen LogP contribution in [-0.2, 0) is 13.6 Å². The third-order valence-corrected chi connectivity index (χ3v) is 2.71. The Morgan fingerprint density at radius 1 is 1.22 bits per heavy atom. The molecule has 0 atom stereocenters. The van der Waals surface area contributed by atoms with Crippen LogP contribution in [0.4, 0.5) is 5.69 Å². The quantitative estimate of drug-likeness (QED) is 0.638. The summed E-state index contributed by atoms with van der Waals surface area (Å²) in [5.74, 6) is 0.796. The van der Waals surface area contributed by atoms with Crippen molar-refractivity contribution < 1.29 is 4.74 Å². The lowest BCUT2D eigenvalue weighted by Gasteiger charge is -2.06. The minimum absolute atomic E-state index is 0.00230. The summed E-state index contributed by atoms with van der Waals surface area (Å²) in [7, 11) is 1.74. The van der Waals surface area contributed by atoms with E-state index >= 15 is 0 Å². The largest absolute Gasteiger partial charge is 0.494 e. The predicted molar refractivity (Wildman–Crippen MR) is 70.6 cm³/mol. The first-order valence-corrected chi connectivity index (χ1v) is 5.87. The maximum Gasteiger partial charge on any atom is 0.327 e. The smallest absolute Gasteiger partial charge is 0.327 e. The van der Waals surface area contributed by atoms with Gasteiger partial charge in [0.2, 0.25) is 0 Å². The highest BCUT2D eigenvalue weighted by Gasteiger charge is 1.99. The summed E-state index contributed by atoms with van der Waals surface area (Å²) in [4.78, 5) is 11.5. The zero-order valence-electron chi connectivity index (χ0n) is 10.4. The summed E-state index contributed by atoms with van der Waals surface area (Å²) in [6.45, 7) is 1.24. The second-order valence-electron chi connectivity index (χ2n) is 4.16. The second-order valence-corrected chi connectivity index (χ2v) is 4.16. The first kappa shape index (κ1) is 12.3. The lowest BCUT2D eigenvalue weighted by Crippen LogP contribution is -2.22. The first-order chi connectivity index (χ1) is 8.66. The molecule has 0 saturated carbocycles. The number of benzene rings is 1. The summed E-state index contributed by atoms with van der Waals surface area (Å²) >= 11 is 0. The Morgan fingerprint density at radius 3 is 2.56 bits per heavy atom. The van der Waals surface area contributed by atoms with Crippen LogP contribution in [0.25, 0.3) is 0 Å². The number of nitrogens with two attached hydrogens (primary N) is 1. The van der Waals surface area contributed by atoms with E-state index in [0.29, 0.717) is 13.2 Å². The van der Waals surface area contributed by atoms with Gasteiger partial charge >= 0.3 is 5.69 Å². The van der Waals surface area contributed by atoms with E-state index in [1.54, 1.807) is 40.7 Å². The number of hydrogen-bond acceptors (Lipinski definition) is 3. The van der Waals surface area contributed by atoms with Crippen LogP contribution in [0.2, 0.25) is 0 Å². The Hall–Kier alpha value is -2.17. The fourth-order valence-electron chi connectivity index (χ4n) is 1.67. The molecular weight excluding hydrogens is 230 g/mol. The average molecular weight is 247 g/mol. The van der Waals surface area contributed by atoms with Crippen LogP contribution in [0.15, 0.2) is 41.5 Å². The van der Waals surface area contributed by atoms with Crippen molar-refractivity contribution >= 4 is 5.69 Å². The van der Waals surface area contributed by atoms with Gasteiger partial charge in [-0.15, -0.1) is 0 Å².